The van der Waals surface area contributed by atoms with E-state index < -0.39 is 0 Å². The maximum atomic E-state index is 9.40. The van der Waals surface area contributed by atoms with Crippen molar-refractivity contribution < 1.29 is 5.11 Å². The molecular weight excluding hydrogens is 322 g/mol. The molecule has 5 heteroatoms. The minimum Gasteiger partial charge on any atom is -0.392 e. The van der Waals surface area contributed by atoms with E-state index in [1.807, 2.05) is 65.4 Å². The zero-order chi connectivity index (χ0) is 16.5. The third-order valence-corrected chi connectivity index (χ3v) is 4.26. The first-order valence-corrected chi connectivity index (χ1v) is 7.93. The highest BCUT2D eigenvalue weighted by Gasteiger charge is 2.16. The Bertz CT molecular complexity index is 1010. The molecule has 0 radical (unpaired) electrons. The minimum atomic E-state index is 0.000899. The van der Waals surface area contributed by atoms with E-state index in [2.05, 4.69) is 9.97 Å². The Hall–Kier alpha value is -2.69. The van der Waals surface area contributed by atoms with Crippen LogP contribution < -0.4 is 0 Å². The lowest BCUT2D eigenvalue weighted by atomic mass is 10.1. The molecule has 0 amide bonds. The fourth-order valence-electron chi connectivity index (χ4n) is 2.86. The van der Waals surface area contributed by atoms with Gasteiger partial charge in [0, 0.05) is 17.4 Å². The summed E-state index contributed by atoms with van der Waals surface area (Å²) in [4.78, 5) is 8.57. The van der Waals surface area contributed by atoms with Crippen LogP contribution in [0.1, 0.15) is 5.56 Å². The van der Waals surface area contributed by atoms with Gasteiger partial charge in [0.1, 0.15) is 17.4 Å². The highest BCUT2D eigenvalue weighted by atomic mass is 35.5. The summed E-state index contributed by atoms with van der Waals surface area (Å²) >= 11 is 6.36. The Balaban J connectivity index is 2.02. The molecule has 2 aromatic carbocycles. The summed E-state index contributed by atoms with van der Waals surface area (Å²) in [5, 5.41) is 9.81. The van der Waals surface area contributed by atoms with E-state index in [4.69, 9.17) is 11.6 Å². The largest absolute Gasteiger partial charge is 0.392 e. The van der Waals surface area contributed by atoms with Crippen LogP contribution in [-0.4, -0.2) is 19.6 Å². The molecule has 2 heterocycles. The number of rotatable bonds is 3. The number of halogens is 1. The number of para-hydroxylation sites is 1. The molecule has 0 atom stereocenters. The van der Waals surface area contributed by atoms with Crippen LogP contribution in [0.25, 0.3) is 27.8 Å². The van der Waals surface area contributed by atoms with E-state index in [1.165, 1.54) is 6.33 Å². The first kappa shape index (κ1) is 14.9. The van der Waals surface area contributed by atoms with E-state index >= 15 is 0 Å². The molecule has 118 valence electrons. The van der Waals surface area contributed by atoms with E-state index in [9.17, 15) is 5.11 Å². The van der Waals surface area contributed by atoms with Crippen LogP contribution in [-0.2, 0) is 6.61 Å². The number of hydrogen-bond acceptors (Lipinski definition) is 3. The molecule has 4 aromatic rings. The molecule has 0 aliphatic heterocycles. The molecule has 1 N–H and O–H groups in total. The predicted octanol–water partition coefficient (Wildman–Crippen LogP) is 4.23. The smallest absolute Gasteiger partial charge is 0.157 e. The molecule has 2 aromatic heterocycles. The second-order valence-corrected chi connectivity index (χ2v) is 5.83. The van der Waals surface area contributed by atoms with Crippen molar-refractivity contribution in [1.29, 1.82) is 0 Å². The van der Waals surface area contributed by atoms with E-state index in [0.717, 1.165) is 33.4 Å². The van der Waals surface area contributed by atoms with E-state index in [1.54, 1.807) is 0 Å². The summed E-state index contributed by atoms with van der Waals surface area (Å²) in [7, 11) is 0. The van der Waals surface area contributed by atoms with Crippen LogP contribution in [0.3, 0.4) is 0 Å². The van der Waals surface area contributed by atoms with Crippen LogP contribution in [0.2, 0.25) is 5.15 Å². The van der Waals surface area contributed by atoms with Crippen molar-refractivity contribution in [2.24, 2.45) is 0 Å². The van der Waals surface area contributed by atoms with Crippen molar-refractivity contribution in [3.8, 4) is 16.8 Å². The Morgan fingerprint density at radius 2 is 1.83 bits per heavy atom. The van der Waals surface area contributed by atoms with Crippen LogP contribution in [0, 0.1) is 0 Å². The van der Waals surface area contributed by atoms with Gasteiger partial charge in [-0.3, -0.25) is 0 Å². The molecule has 0 fully saturated rings. The number of hydrogen-bond donors (Lipinski definition) is 1. The number of aliphatic hydroxyl groups excluding tert-OH is 1. The first-order valence-electron chi connectivity index (χ1n) is 7.55. The average molecular weight is 336 g/mol. The lowest BCUT2D eigenvalue weighted by Crippen LogP contribution is -1.93. The summed E-state index contributed by atoms with van der Waals surface area (Å²) in [5.41, 5.74) is 5.34. The lowest BCUT2D eigenvalue weighted by Gasteiger charge is -2.04. The van der Waals surface area contributed by atoms with Gasteiger partial charge < -0.3 is 9.67 Å². The topological polar surface area (TPSA) is 50.9 Å². The molecule has 0 unspecified atom stereocenters. The number of aliphatic hydroxyl groups is 1. The Kier molecular flexibility index (Phi) is 3.76. The first-order chi connectivity index (χ1) is 11.8. The molecule has 0 bridgehead atoms. The normalized spacial score (nSPS) is 11.1. The predicted molar refractivity (Wildman–Crippen MR) is 95.2 cm³/mol. The minimum absolute atomic E-state index is 0.000899. The van der Waals surface area contributed by atoms with Gasteiger partial charge in [-0.15, -0.1) is 0 Å². The van der Waals surface area contributed by atoms with Gasteiger partial charge in [0.05, 0.1) is 6.61 Å². The Labute approximate surface area is 144 Å². The zero-order valence-electron chi connectivity index (χ0n) is 12.7. The SMILES string of the molecule is OCc1cccc(-c2cn(-c3ccccc3)c3c(Cl)ncnc23)c1. The van der Waals surface area contributed by atoms with Gasteiger partial charge in [0.2, 0.25) is 0 Å². The molecule has 0 spiro atoms. The number of benzene rings is 2. The van der Waals surface area contributed by atoms with Gasteiger partial charge in [-0.25, -0.2) is 9.97 Å². The molecule has 0 saturated heterocycles. The van der Waals surface area contributed by atoms with Crippen molar-refractivity contribution in [3.63, 3.8) is 0 Å². The fraction of sp³-hybridized carbons (Fsp3) is 0.0526. The maximum absolute atomic E-state index is 9.40. The summed E-state index contributed by atoms with van der Waals surface area (Å²) in [5.74, 6) is 0. The van der Waals surface area contributed by atoms with Gasteiger partial charge >= 0.3 is 0 Å². The monoisotopic (exact) mass is 335 g/mol. The van der Waals surface area contributed by atoms with Crippen LogP contribution >= 0.6 is 11.6 Å². The summed E-state index contributed by atoms with van der Waals surface area (Å²) < 4.78 is 2.00. The molecule has 0 aliphatic rings. The van der Waals surface area contributed by atoms with Gasteiger partial charge in [-0.05, 0) is 29.3 Å². The summed E-state index contributed by atoms with van der Waals surface area (Å²) in [6, 6.07) is 17.7. The summed E-state index contributed by atoms with van der Waals surface area (Å²) in [6.07, 6.45) is 3.48. The van der Waals surface area contributed by atoms with Gasteiger partial charge in [0.15, 0.2) is 5.15 Å². The average Bonchev–Trinajstić information content (AvgIpc) is 3.04. The number of aromatic nitrogens is 3. The lowest BCUT2D eigenvalue weighted by molar-refractivity contribution is 0.282. The van der Waals surface area contributed by atoms with Crippen molar-refractivity contribution in [2.45, 2.75) is 6.61 Å². The highest BCUT2D eigenvalue weighted by Crippen LogP contribution is 2.34. The highest BCUT2D eigenvalue weighted by molar-refractivity contribution is 6.34. The van der Waals surface area contributed by atoms with E-state index in [0.29, 0.717) is 5.15 Å². The third-order valence-electron chi connectivity index (χ3n) is 3.99. The number of nitrogens with zero attached hydrogens (tertiary/aromatic N) is 3. The second kappa shape index (κ2) is 6.07. The van der Waals surface area contributed by atoms with Gasteiger partial charge in [0.25, 0.3) is 0 Å². The quantitative estimate of drug-likeness (QED) is 0.570. The maximum Gasteiger partial charge on any atom is 0.157 e. The van der Waals surface area contributed by atoms with Crippen molar-refractivity contribution in [2.75, 3.05) is 0 Å². The van der Waals surface area contributed by atoms with Crippen LogP contribution in [0.5, 0.6) is 0 Å². The van der Waals surface area contributed by atoms with Crippen LogP contribution in [0.15, 0.2) is 67.1 Å². The number of fused-ring (bicyclic) bond motifs is 1. The molecule has 4 rings (SSSR count). The van der Waals surface area contributed by atoms with Gasteiger partial charge in [-0.2, -0.15) is 0 Å². The van der Waals surface area contributed by atoms with Crippen molar-refractivity contribution >= 4 is 22.6 Å². The molecule has 0 aliphatic carbocycles. The Morgan fingerprint density at radius 3 is 2.62 bits per heavy atom. The van der Waals surface area contributed by atoms with Crippen molar-refractivity contribution in [1.82, 2.24) is 14.5 Å². The second-order valence-electron chi connectivity index (χ2n) is 5.47. The molecule has 24 heavy (non-hydrogen) atoms. The van der Waals surface area contributed by atoms with Crippen molar-refractivity contribution in [3.05, 3.63) is 77.8 Å². The third kappa shape index (κ3) is 2.46. The van der Waals surface area contributed by atoms with E-state index in [-0.39, 0.29) is 6.61 Å². The standard InChI is InChI=1S/C19H14ClN3O/c20-19-18-17(21-12-22-19)16(14-6-4-5-13(9-14)11-24)10-23(18)15-7-2-1-3-8-15/h1-10,12,24H,11H2. The molecule has 0 saturated carbocycles. The zero-order valence-corrected chi connectivity index (χ0v) is 13.5. The summed E-state index contributed by atoms with van der Waals surface area (Å²) in [6.45, 7) is 0.000899. The van der Waals surface area contributed by atoms with Gasteiger partial charge in [-0.1, -0.05) is 48.0 Å². The Morgan fingerprint density at radius 1 is 1.00 bits per heavy atom. The molecular formula is C19H14ClN3O. The fourth-order valence-corrected chi connectivity index (χ4v) is 3.09. The van der Waals surface area contributed by atoms with Crippen LogP contribution in [0.4, 0.5) is 0 Å². The molecule has 4 nitrogen and oxygen atoms in total.